The smallest absolute Gasteiger partial charge is 0.274 e. The van der Waals surface area contributed by atoms with Crippen LogP contribution >= 0.6 is 0 Å². The van der Waals surface area contributed by atoms with Crippen molar-refractivity contribution in [2.45, 2.75) is 25.7 Å². The van der Waals surface area contributed by atoms with E-state index in [1.54, 1.807) is 10.7 Å². The zero-order valence-electron chi connectivity index (χ0n) is 17.5. The van der Waals surface area contributed by atoms with Crippen LogP contribution in [0.2, 0.25) is 0 Å². The van der Waals surface area contributed by atoms with Gasteiger partial charge in [-0.15, -0.1) is 0 Å². The quantitative estimate of drug-likeness (QED) is 0.531. The van der Waals surface area contributed by atoms with Crippen molar-refractivity contribution in [3.05, 3.63) is 72.2 Å². The molecule has 1 amide bonds. The van der Waals surface area contributed by atoms with Gasteiger partial charge in [0, 0.05) is 25.1 Å². The Bertz CT molecular complexity index is 1160. The molecule has 5 rings (SSSR count). The van der Waals surface area contributed by atoms with Crippen molar-refractivity contribution >= 4 is 16.9 Å². The maximum Gasteiger partial charge on any atom is 0.274 e. The standard InChI is InChI=1S/C24H25N5O2/c1-2-31-22-15-21(27-29(22)18-10-4-3-5-11-18)24(30)28-14-8-9-17(16-28)23-25-19-12-6-7-13-20(19)26-23/h3-7,10-13,15,17H,2,8-9,14,16H2,1H3,(H,25,26). The number of para-hydroxylation sites is 3. The number of rotatable bonds is 5. The number of likely N-dealkylation sites (tertiary alicyclic amines) is 1. The number of hydrogen-bond donors (Lipinski definition) is 1. The van der Waals surface area contributed by atoms with E-state index in [0.717, 1.165) is 41.9 Å². The number of carbonyl (C=O) groups excluding carboxylic acids is 1. The van der Waals surface area contributed by atoms with E-state index >= 15 is 0 Å². The first kappa shape index (κ1) is 19.4. The van der Waals surface area contributed by atoms with Crippen LogP contribution in [0, 0.1) is 0 Å². The lowest BCUT2D eigenvalue weighted by Crippen LogP contribution is -2.39. The Morgan fingerprint density at radius 3 is 2.77 bits per heavy atom. The molecule has 3 heterocycles. The van der Waals surface area contributed by atoms with Crippen LogP contribution in [0.15, 0.2) is 60.7 Å². The molecule has 7 nitrogen and oxygen atoms in total. The first-order valence-electron chi connectivity index (χ1n) is 10.7. The summed E-state index contributed by atoms with van der Waals surface area (Å²) >= 11 is 0. The van der Waals surface area contributed by atoms with E-state index in [2.05, 4.69) is 10.1 Å². The summed E-state index contributed by atoms with van der Waals surface area (Å²) < 4.78 is 7.44. The van der Waals surface area contributed by atoms with Gasteiger partial charge in [-0.3, -0.25) is 4.79 Å². The van der Waals surface area contributed by atoms with Crippen molar-refractivity contribution in [2.24, 2.45) is 0 Å². The minimum atomic E-state index is -0.0727. The molecule has 0 spiro atoms. The summed E-state index contributed by atoms with van der Waals surface area (Å²) in [6, 6.07) is 19.5. The van der Waals surface area contributed by atoms with E-state index in [1.807, 2.05) is 66.4 Å². The number of carbonyl (C=O) groups is 1. The second kappa shape index (κ2) is 8.26. The lowest BCUT2D eigenvalue weighted by Gasteiger charge is -2.31. The number of benzene rings is 2. The topological polar surface area (TPSA) is 76.0 Å². The minimum Gasteiger partial charge on any atom is -0.478 e. The van der Waals surface area contributed by atoms with E-state index in [0.29, 0.717) is 24.7 Å². The molecule has 1 aliphatic heterocycles. The Morgan fingerprint density at radius 1 is 1.16 bits per heavy atom. The monoisotopic (exact) mass is 415 g/mol. The van der Waals surface area contributed by atoms with E-state index in [-0.39, 0.29) is 11.8 Å². The average Bonchev–Trinajstić information content (AvgIpc) is 3.44. The second-order valence-electron chi connectivity index (χ2n) is 7.78. The molecule has 0 radical (unpaired) electrons. The molecule has 0 aliphatic carbocycles. The minimum absolute atomic E-state index is 0.0727. The van der Waals surface area contributed by atoms with Crippen molar-refractivity contribution in [3.63, 3.8) is 0 Å². The molecule has 1 N–H and O–H groups in total. The number of nitrogens with one attached hydrogen (secondary N) is 1. The van der Waals surface area contributed by atoms with Gasteiger partial charge in [0.25, 0.3) is 5.91 Å². The van der Waals surface area contributed by atoms with Gasteiger partial charge in [-0.1, -0.05) is 30.3 Å². The maximum atomic E-state index is 13.3. The van der Waals surface area contributed by atoms with Gasteiger partial charge in [0.1, 0.15) is 5.82 Å². The van der Waals surface area contributed by atoms with Crippen molar-refractivity contribution in [1.82, 2.24) is 24.6 Å². The Balaban J connectivity index is 1.39. The fraction of sp³-hybridized carbons (Fsp3) is 0.292. The molecule has 7 heteroatoms. The predicted molar refractivity (Wildman–Crippen MR) is 119 cm³/mol. The van der Waals surface area contributed by atoms with Crippen molar-refractivity contribution in [2.75, 3.05) is 19.7 Å². The number of amides is 1. The number of aromatic amines is 1. The molecule has 1 saturated heterocycles. The summed E-state index contributed by atoms with van der Waals surface area (Å²) in [5, 5.41) is 4.58. The summed E-state index contributed by atoms with van der Waals surface area (Å²) in [5.74, 6) is 1.63. The highest BCUT2D eigenvalue weighted by Crippen LogP contribution is 2.28. The summed E-state index contributed by atoms with van der Waals surface area (Å²) in [4.78, 5) is 23.4. The molecule has 0 bridgehead atoms. The van der Waals surface area contributed by atoms with Crippen molar-refractivity contribution < 1.29 is 9.53 Å². The van der Waals surface area contributed by atoms with Crippen LogP contribution in [0.25, 0.3) is 16.7 Å². The van der Waals surface area contributed by atoms with Gasteiger partial charge in [-0.2, -0.15) is 5.10 Å². The molecule has 158 valence electrons. The van der Waals surface area contributed by atoms with Gasteiger partial charge in [0.05, 0.1) is 23.3 Å². The third kappa shape index (κ3) is 3.79. The van der Waals surface area contributed by atoms with Gasteiger partial charge in [-0.05, 0) is 44.0 Å². The van der Waals surface area contributed by atoms with Gasteiger partial charge in [-0.25, -0.2) is 9.67 Å². The average molecular weight is 415 g/mol. The number of fused-ring (bicyclic) bond motifs is 1. The lowest BCUT2D eigenvalue weighted by atomic mass is 9.97. The number of imidazole rings is 1. The third-order valence-electron chi connectivity index (χ3n) is 5.69. The van der Waals surface area contributed by atoms with Crippen LogP contribution in [0.4, 0.5) is 0 Å². The van der Waals surface area contributed by atoms with E-state index in [1.165, 1.54) is 0 Å². The third-order valence-corrected chi connectivity index (χ3v) is 5.69. The molecular weight excluding hydrogens is 390 g/mol. The van der Waals surface area contributed by atoms with Crippen LogP contribution < -0.4 is 4.74 Å². The highest BCUT2D eigenvalue weighted by atomic mass is 16.5. The summed E-state index contributed by atoms with van der Waals surface area (Å²) in [6.45, 7) is 3.77. The van der Waals surface area contributed by atoms with Gasteiger partial charge < -0.3 is 14.6 Å². The highest BCUT2D eigenvalue weighted by Gasteiger charge is 2.29. The maximum absolute atomic E-state index is 13.3. The first-order valence-corrected chi connectivity index (χ1v) is 10.7. The molecule has 1 atom stereocenters. The van der Waals surface area contributed by atoms with Crippen LogP contribution in [0.5, 0.6) is 5.88 Å². The molecule has 0 saturated carbocycles. The molecule has 31 heavy (non-hydrogen) atoms. The summed E-state index contributed by atoms with van der Waals surface area (Å²) in [7, 11) is 0. The molecule has 1 fully saturated rings. The number of aromatic nitrogens is 4. The Hall–Kier alpha value is -3.61. The summed E-state index contributed by atoms with van der Waals surface area (Å²) in [6.07, 6.45) is 1.94. The fourth-order valence-electron chi connectivity index (χ4n) is 4.19. The van der Waals surface area contributed by atoms with Crippen molar-refractivity contribution in [1.29, 1.82) is 0 Å². The van der Waals surface area contributed by atoms with Crippen LogP contribution in [-0.4, -0.2) is 50.3 Å². The predicted octanol–water partition coefficient (Wildman–Crippen LogP) is 4.17. The molecular formula is C24H25N5O2. The summed E-state index contributed by atoms with van der Waals surface area (Å²) in [5.41, 5.74) is 3.26. The van der Waals surface area contributed by atoms with Crippen LogP contribution in [0.3, 0.4) is 0 Å². The number of hydrogen-bond acceptors (Lipinski definition) is 4. The number of nitrogens with zero attached hydrogens (tertiary/aromatic N) is 4. The Morgan fingerprint density at radius 2 is 1.97 bits per heavy atom. The van der Waals surface area contributed by atoms with E-state index in [4.69, 9.17) is 9.72 Å². The molecule has 2 aromatic carbocycles. The van der Waals surface area contributed by atoms with Crippen molar-refractivity contribution in [3.8, 4) is 11.6 Å². The first-order chi connectivity index (χ1) is 15.2. The molecule has 2 aromatic heterocycles. The number of piperidine rings is 1. The Kier molecular flexibility index (Phi) is 5.16. The molecule has 1 aliphatic rings. The molecule has 1 unspecified atom stereocenters. The zero-order valence-corrected chi connectivity index (χ0v) is 17.5. The highest BCUT2D eigenvalue weighted by molar-refractivity contribution is 5.93. The SMILES string of the molecule is CCOc1cc(C(=O)N2CCCC(c3nc4ccccc4[nH]3)C2)nn1-c1ccccc1. The van der Waals surface area contributed by atoms with Crippen LogP contribution in [-0.2, 0) is 0 Å². The van der Waals surface area contributed by atoms with Gasteiger partial charge in [0.15, 0.2) is 5.69 Å². The van der Waals surface area contributed by atoms with Gasteiger partial charge >= 0.3 is 0 Å². The second-order valence-corrected chi connectivity index (χ2v) is 7.78. The lowest BCUT2D eigenvalue weighted by molar-refractivity contribution is 0.0698. The Labute approximate surface area is 180 Å². The zero-order chi connectivity index (χ0) is 21.2. The van der Waals surface area contributed by atoms with E-state index in [9.17, 15) is 4.79 Å². The normalized spacial score (nSPS) is 16.5. The van der Waals surface area contributed by atoms with Crippen LogP contribution in [0.1, 0.15) is 42.0 Å². The molecule has 4 aromatic rings. The largest absolute Gasteiger partial charge is 0.478 e. The van der Waals surface area contributed by atoms with Gasteiger partial charge in [0.2, 0.25) is 5.88 Å². The number of ether oxygens (including phenoxy) is 1. The number of H-pyrrole nitrogens is 1. The fourth-order valence-corrected chi connectivity index (χ4v) is 4.19. The van der Waals surface area contributed by atoms with E-state index < -0.39 is 0 Å².